The van der Waals surface area contributed by atoms with Crippen molar-refractivity contribution in [2.45, 2.75) is 45.6 Å². The van der Waals surface area contributed by atoms with Gasteiger partial charge in [0.15, 0.2) is 0 Å². The van der Waals surface area contributed by atoms with E-state index >= 15 is 0 Å². The summed E-state index contributed by atoms with van der Waals surface area (Å²) in [5.41, 5.74) is 3.21. The van der Waals surface area contributed by atoms with Crippen molar-refractivity contribution in [1.29, 1.82) is 0 Å². The molecule has 10 nitrogen and oxygen atoms in total. The van der Waals surface area contributed by atoms with Crippen molar-refractivity contribution in [2.24, 2.45) is 0 Å². The zero-order valence-corrected chi connectivity index (χ0v) is 21.8. The van der Waals surface area contributed by atoms with E-state index in [1.165, 1.54) is 6.92 Å². The monoisotopic (exact) mass is 536 g/mol. The van der Waals surface area contributed by atoms with Crippen LogP contribution in [0.15, 0.2) is 59.4 Å². The van der Waals surface area contributed by atoms with Crippen molar-refractivity contribution in [3.8, 4) is 11.4 Å². The highest BCUT2D eigenvalue weighted by Crippen LogP contribution is 2.47. The maximum absolute atomic E-state index is 13.9. The average Bonchev–Trinajstić information content (AvgIpc) is 3.31. The number of carbonyl (C=O) groups is 3. The molecule has 1 atom stereocenters. The first-order valence-corrected chi connectivity index (χ1v) is 13.0. The summed E-state index contributed by atoms with van der Waals surface area (Å²) in [6, 6.07) is 16.6. The van der Waals surface area contributed by atoms with E-state index in [1.54, 1.807) is 22.5 Å². The summed E-state index contributed by atoms with van der Waals surface area (Å²) >= 11 is 0. The summed E-state index contributed by atoms with van der Waals surface area (Å²) in [7, 11) is 0. The number of nitrogens with zero attached hydrogens (tertiary/aromatic N) is 3. The molecule has 0 bridgehead atoms. The second-order valence-corrected chi connectivity index (χ2v) is 10.2. The summed E-state index contributed by atoms with van der Waals surface area (Å²) in [6.45, 7) is 3.21. The Hall–Kier alpha value is -4.99. The minimum atomic E-state index is -1.73. The van der Waals surface area contributed by atoms with Crippen molar-refractivity contribution in [3.63, 3.8) is 0 Å². The number of urea groups is 1. The molecule has 3 aliphatic heterocycles. The molecule has 40 heavy (non-hydrogen) atoms. The number of esters is 2. The Morgan fingerprint density at radius 1 is 1.10 bits per heavy atom. The molecule has 2 aromatic carbocycles. The van der Waals surface area contributed by atoms with E-state index in [0.29, 0.717) is 40.4 Å². The molecule has 4 aromatic rings. The normalized spacial score (nSPS) is 18.5. The van der Waals surface area contributed by atoms with Crippen molar-refractivity contribution >= 4 is 40.2 Å². The Labute approximate surface area is 228 Å². The van der Waals surface area contributed by atoms with Crippen molar-refractivity contribution in [1.82, 2.24) is 9.55 Å². The number of ether oxygens (including phenoxy) is 2. The number of carbonyl (C=O) groups excluding carboxylic acids is 3. The fourth-order valence-corrected chi connectivity index (χ4v) is 6.11. The zero-order chi connectivity index (χ0) is 27.8. The SMILES string of the molecule is CC[C@@]1(OC(C)=O)C(=O)OCc2c1cc1n(c2=O)Cc2c-1nc1cccc3c1c2N(Cc1ccccc1)C(=O)N3. The molecule has 3 aliphatic rings. The molecule has 5 heterocycles. The molecule has 0 saturated heterocycles. The first-order valence-electron chi connectivity index (χ1n) is 13.0. The lowest BCUT2D eigenvalue weighted by Crippen LogP contribution is -2.47. The molecule has 0 aliphatic carbocycles. The molecule has 0 spiro atoms. The standard InChI is InChI=1S/C30H24N4O6/c1-3-30(40-16(2)35)20-12-23-25-18(14-33(23)27(36)19(20)15-39-28(30)37)26-24-21(31-25)10-7-11-22(24)32-29(38)34(26)13-17-8-5-4-6-9-17/h4-12H,3,13-15H2,1-2H3,(H,32,38)/t30-/m0/s1. The number of pyridine rings is 2. The minimum absolute atomic E-state index is 0.0962. The van der Waals surface area contributed by atoms with Crippen LogP contribution in [-0.2, 0) is 44.4 Å². The third-order valence-corrected chi connectivity index (χ3v) is 7.91. The van der Waals surface area contributed by atoms with Gasteiger partial charge in [-0.15, -0.1) is 0 Å². The number of rotatable bonds is 4. The van der Waals surface area contributed by atoms with Gasteiger partial charge in [0, 0.05) is 23.4 Å². The van der Waals surface area contributed by atoms with Gasteiger partial charge in [-0.3, -0.25) is 14.5 Å². The van der Waals surface area contributed by atoms with Crippen LogP contribution in [0.1, 0.15) is 42.5 Å². The maximum Gasteiger partial charge on any atom is 0.355 e. The van der Waals surface area contributed by atoms with Gasteiger partial charge in [-0.25, -0.2) is 14.6 Å². The van der Waals surface area contributed by atoms with Gasteiger partial charge < -0.3 is 19.4 Å². The van der Waals surface area contributed by atoms with Crippen LogP contribution in [0.3, 0.4) is 0 Å². The number of benzene rings is 2. The van der Waals surface area contributed by atoms with Gasteiger partial charge in [-0.05, 0) is 30.2 Å². The van der Waals surface area contributed by atoms with Crippen LogP contribution in [0.4, 0.5) is 16.2 Å². The second kappa shape index (κ2) is 8.51. The fourth-order valence-electron chi connectivity index (χ4n) is 6.11. The Morgan fingerprint density at radius 3 is 2.65 bits per heavy atom. The average molecular weight is 537 g/mol. The zero-order valence-electron chi connectivity index (χ0n) is 21.8. The van der Waals surface area contributed by atoms with Crippen LogP contribution in [0.2, 0.25) is 0 Å². The lowest BCUT2D eigenvalue weighted by Gasteiger charge is -2.35. The Kier molecular flexibility index (Phi) is 5.12. The highest BCUT2D eigenvalue weighted by molar-refractivity contribution is 6.19. The lowest BCUT2D eigenvalue weighted by atomic mass is 9.85. The maximum atomic E-state index is 13.9. The summed E-state index contributed by atoms with van der Waals surface area (Å²) in [4.78, 5) is 59.0. The Morgan fingerprint density at radius 2 is 1.90 bits per heavy atom. The van der Waals surface area contributed by atoms with E-state index in [9.17, 15) is 19.2 Å². The van der Waals surface area contributed by atoms with Crippen LogP contribution in [-0.4, -0.2) is 27.5 Å². The summed E-state index contributed by atoms with van der Waals surface area (Å²) < 4.78 is 12.5. The summed E-state index contributed by atoms with van der Waals surface area (Å²) in [5, 5.41) is 3.78. The van der Waals surface area contributed by atoms with Gasteiger partial charge in [0.2, 0.25) is 5.60 Å². The predicted molar refractivity (Wildman–Crippen MR) is 146 cm³/mol. The molecule has 200 valence electrons. The van der Waals surface area contributed by atoms with Crippen LogP contribution < -0.4 is 15.8 Å². The van der Waals surface area contributed by atoms with Gasteiger partial charge in [0.05, 0.1) is 46.9 Å². The number of anilines is 2. The fraction of sp³-hybridized carbons (Fsp3) is 0.233. The van der Waals surface area contributed by atoms with Crippen LogP contribution >= 0.6 is 0 Å². The van der Waals surface area contributed by atoms with E-state index in [0.717, 1.165) is 16.5 Å². The molecule has 0 radical (unpaired) electrons. The third kappa shape index (κ3) is 3.25. The molecule has 0 saturated carbocycles. The number of hydrogen-bond acceptors (Lipinski definition) is 7. The molecule has 2 amide bonds. The molecule has 2 aromatic heterocycles. The summed E-state index contributed by atoms with van der Waals surface area (Å²) in [6.07, 6.45) is 0.0962. The lowest BCUT2D eigenvalue weighted by molar-refractivity contribution is -0.188. The number of nitrogens with one attached hydrogen (secondary N) is 1. The van der Waals surface area contributed by atoms with Crippen molar-refractivity contribution < 1.29 is 23.9 Å². The Bertz CT molecular complexity index is 1850. The van der Waals surface area contributed by atoms with Gasteiger partial charge >= 0.3 is 18.0 Å². The molecular weight excluding hydrogens is 512 g/mol. The molecule has 10 heteroatoms. The van der Waals surface area contributed by atoms with Gasteiger partial charge in [0.1, 0.15) is 6.61 Å². The summed E-state index contributed by atoms with van der Waals surface area (Å²) in [5.74, 6) is -1.37. The number of amides is 2. The van der Waals surface area contributed by atoms with E-state index in [2.05, 4.69) is 5.32 Å². The van der Waals surface area contributed by atoms with Gasteiger partial charge in [0.25, 0.3) is 5.56 Å². The molecule has 7 rings (SSSR count). The topological polar surface area (TPSA) is 120 Å². The quantitative estimate of drug-likeness (QED) is 0.342. The first-order chi connectivity index (χ1) is 19.3. The first kappa shape index (κ1) is 24.1. The van der Waals surface area contributed by atoms with E-state index < -0.39 is 17.5 Å². The molecular formula is C30H24N4O6. The number of fused-ring (bicyclic) bond motifs is 5. The van der Waals surface area contributed by atoms with Crippen molar-refractivity contribution in [2.75, 3.05) is 10.2 Å². The largest absolute Gasteiger partial charge is 0.457 e. The molecule has 0 fully saturated rings. The van der Waals surface area contributed by atoms with Crippen LogP contribution in [0, 0.1) is 0 Å². The van der Waals surface area contributed by atoms with Crippen LogP contribution in [0.25, 0.3) is 22.3 Å². The highest BCUT2D eigenvalue weighted by Gasteiger charge is 2.50. The smallest absolute Gasteiger partial charge is 0.355 e. The van der Waals surface area contributed by atoms with Crippen molar-refractivity contribution in [3.05, 3.63) is 87.2 Å². The number of aromatic nitrogens is 2. The molecule has 1 N–H and O–H groups in total. The Balaban J connectivity index is 1.49. The van der Waals surface area contributed by atoms with Crippen LogP contribution in [0.5, 0.6) is 0 Å². The third-order valence-electron chi connectivity index (χ3n) is 7.91. The minimum Gasteiger partial charge on any atom is -0.457 e. The van der Waals surface area contributed by atoms with E-state index in [1.807, 2.05) is 48.5 Å². The molecule has 0 unspecified atom stereocenters. The van der Waals surface area contributed by atoms with E-state index in [-0.39, 0.29) is 36.7 Å². The van der Waals surface area contributed by atoms with Gasteiger partial charge in [-0.1, -0.05) is 43.3 Å². The number of cyclic esters (lactones) is 1. The van der Waals surface area contributed by atoms with Gasteiger partial charge in [-0.2, -0.15) is 0 Å². The number of hydrogen-bond donors (Lipinski definition) is 1. The predicted octanol–water partition coefficient (Wildman–Crippen LogP) is 4.20. The second-order valence-electron chi connectivity index (χ2n) is 10.2. The highest BCUT2D eigenvalue weighted by atomic mass is 16.6. The van der Waals surface area contributed by atoms with E-state index in [4.69, 9.17) is 14.5 Å².